The van der Waals surface area contributed by atoms with Crippen LogP contribution in [0.25, 0.3) is 0 Å². The van der Waals surface area contributed by atoms with E-state index in [1.165, 1.54) is 18.2 Å². The van der Waals surface area contributed by atoms with Gasteiger partial charge >= 0.3 is 0 Å². The van der Waals surface area contributed by atoms with E-state index in [-0.39, 0.29) is 28.5 Å². The molecule has 112 valence electrons. The van der Waals surface area contributed by atoms with E-state index in [4.69, 9.17) is 0 Å². The van der Waals surface area contributed by atoms with Crippen LogP contribution in [0.2, 0.25) is 0 Å². The van der Waals surface area contributed by atoms with E-state index in [0.29, 0.717) is 17.9 Å². The Morgan fingerprint density at radius 2 is 1.75 bits per heavy atom. The Bertz CT molecular complexity index is 480. The fraction of sp³-hybridized carbons (Fsp3) is 0.647. The van der Waals surface area contributed by atoms with Crippen molar-refractivity contribution in [3.63, 3.8) is 0 Å². The Morgan fingerprint density at radius 3 is 2.25 bits per heavy atom. The van der Waals surface area contributed by atoms with Gasteiger partial charge in [0.2, 0.25) is 0 Å². The van der Waals surface area contributed by atoms with Crippen molar-refractivity contribution in [2.45, 2.75) is 47.1 Å². The molecule has 1 aliphatic rings. The number of halogens is 2. The monoisotopic (exact) mass is 281 g/mol. The van der Waals surface area contributed by atoms with E-state index < -0.39 is 0 Å². The molecule has 20 heavy (non-hydrogen) atoms. The van der Waals surface area contributed by atoms with Crippen LogP contribution in [-0.2, 0) is 6.42 Å². The second kappa shape index (κ2) is 5.10. The molecule has 1 unspecified atom stereocenters. The van der Waals surface area contributed by atoms with Crippen LogP contribution in [-0.4, -0.2) is 12.6 Å². The van der Waals surface area contributed by atoms with E-state index >= 15 is 0 Å². The minimum absolute atomic E-state index is 0.182. The van der Waals surface area contributed by atoms with Crippen molar-refractivity contribution in [2.75, 3.05) is 6.54 Å². The zero-order chi connectivity index (χ0) is 15.1. The zero-order valence-corrected chi connectivity index (χ0v) is 13.1. The zero-order valence-electron chi connectivity index (χ0n) is 13.1. The molecule has 1 N–H and O–H groups in total. The molecule has 1 aromatic carbocycles. The van der Waals surface area contributed by atoms with E-state index in [1.807, 2.05) is 0 Å². The third-order valence-corrected chi connectivity index (χ3v) is 5.45. The lowest BCUT2D eigenvalue weighted by Crippen LogP contribution is -2.35. The summed E-state index contributed by atoms with van der Waals surface area (Å²) in [7, 11) is 0. The van der Waals surface area contributed by atoms with Crippen LogP contribution in [0.3, 0.4) is 0 Å². The van der Waals surface area contributed by atoms with E-state index in [0.717, 1.165) is 6.54 Å². The van der Waals surface area contributed by atoms with Crippen LogP contribution in [0.1, 0.15) is 40.2 Å². The number of likely N-dealkylation sites (N-methyl/N-ethyl adjacent to an activating group) is 1. The molecule has 2 rings (SSSR count). The first-order chi connectivity index (χ1) is 9.21. The maximum Gasteiger partial charge on any atom is 0.126 e. The van der Waals surface area contributed by atoms with Gasteiger partial charge in [-0.15, -0.1) is 0 Å². The van der Waals surface area contributed by atoms with Gasteiger partial charge in [-0.05, 0) is 53.5 Å². The summed E-state index contributed by atoms with van der Waals surface area (Å²) >= 11 is 0. The standard InChI is InChI=1S/C17H25F2N/c1-6-20-14(15-16(2,3)17(15,4)5)10-11-9-12(18)7-8-13(11)19/h7-9,14-15,20H,6,10H2,1-5H3. The second-order valence-electron chi connectivity index (χ2n) is 7.03. The van der Waals surface area contributed by atoms with Gasteiger partial charge in [0.15, 0.2) is 0 Å². The van der Waals surface area contributed by atoms with Crippen LogP contribution >= 0.6 is 0 Å². The molecule has 1 atom stereocenters. The van der Waals surface area contributed by atoms with Crippen LogP contribution in [0, 0.1) is 28.4 Å². The van der Waals surface area contributed by atoms with Crippen molar-refractivity contribution >= 4 is 0 Å². The topological polar surface area (TPSA) is 12.0 Å². The molecule has 1 saturated carbocycles. The molecule has 1 fully saturated rings. The molecule has 3 heteroatoms. The minimum atomic E-state index is -0.369. The average Bonchev–Trinajstić information content (AvgIpc) is 2.74. The minimum Gasteiger partial charge on any atom is -0.314 e. The van der Waals surface area contributed by atoms with Gasteiger partial charge in [0.05, 0.1) is 0 Å². The van der Waals surface area contributed by atoms with Gasteiger partial charge in [0.25, 0.3) is 0 Å². The fourth-order valence-corrected chi connectivity index (χ4v) is 3.76. The van der Waals surface area contributed by atoms with E-state index in [1.54, 1.807) is 0 Å². The number of benzene rings is 1. The molecule has 0 aromatic heterocycles. The van der Waals surface area contributed by atoms with Gasteiger partial charge < -0.3 is 5.32 Å². The number of nitrogens with one attached hydrogen (secondary N) is 1. The largest absolute Gasteiger partial charge is 0.314 e. The summed E-state index contributed by atoms with van der Waals surface area (Å²) in [5.74, 6) is -0.214. The Hall–Kier alpha value is -0.960. The number of hydrogen-bond acceptors (Lipinski definition) is 1. The lowest BCUT2D eigenvalue weighted by Gasteiger charge is -2.21. The highest BCUT2D eigenvalue weighted by Gasteiger charge is 2.66. The predicted octanol–water partition coefficient (Wildman–Crippen LogP) is 4.17. The first-order valence-electron chi connectivity index (χ1n) is 7.39. The summed E-state index contributed by atoms with van der Waals surface area (Å²) in [6, 6.07) is 3.90. The Morgan fingerprint density at radius 1 is 1.15 bits per heavy atom. The Labute approximate surface area is 120 Å². The van der Waals surface area contributed by atoms with Gasteiger partial charge in [-0.2, -0.15) is 0 Å². The molecule has 1 nitrogen and oxygen atoms in total. The first-order valence-corrected chi connectivity index (χ1v) is 7.39. The molecule has 0 amide bonds. The molecule has 1 aromatic rings. The van der Waals surface area contributed by atoms with Gasteiger partial charge in [-0.25, -0.2) is 8.78 Å². The summed E-state index contributed by atoms with van der Waals surface area (Å²) in [6.45, 7) is 11.9. The van der Waals surface area contributed by atoms with Crippen molar-refractivity contribution in [1.29, 1.82) is 0 Å². The molecule has 0 heterocycles. The molecule has 0 bridgehead atoms. The predicted molar refractivity (Wildman–Crippen MR) is 78.6 cm³/mol. The highest BCUT2D eigenvalue weighted by molar-refractivity contribution is 5.23. The molecule has 0 aliphatic heterocycles. The van der Waals surface area contributed by atoms with Crippen molar-refractivity contribution in [3.8, 4) is 0 Å². The summed E-state index contributed by atoms with van der Waals surface area (Å²) in [6.07, 6.45) is 0.537. The third kappa shape index (κ3) is 2.48. The molecule has 0 saturated heterocycles. The molecule has 0 spiro atoms. The summed E-state index contributed by atoms with van der Waals surface area (Å²) < 4.78 is 27.2. The van der Waals surface area contributed by atoms with E-state index in [9.17, 15) is 8.78 Å². The molecule has 0 radical (unpaired) electrons. The van der Waals surface area contributed by atoms with Gasteiger partial charge in [-0.3, -0.25) is 0 Å². The second-order valence-corrected chi connectivity index (χ2v) is 7.03. The van der Waals surface area contributed by atoms with Gasteiger partial charge in [0.1, 0.15) is 11.6 Å². The number of rotatable bonds is 5. The van der Waals surface area contributed by atoms with Crippen molar-refractivity contribution in [2.24, 2.45) is 16.7 Å². The third-order valence-electron chi connectivity index (χ3n) is 5.45. The van der Waals surface area contributed by atoms with Crippen LogP contribution in [0.15, 0.2) is 18.2 Å². The Balaban J connectivity index is 2.21. The summed E-state index contributed by atoms with van der Waals surface area (Å²) in [4.78, 5) is 0. The first kappa shape index (κ1) is 15.4. The van der Waals surface area contributed by atoms with Crippen LogP contribution < -0.4 is 5.32 Å². The van der Waals surface area contributed by atoms with Crippen LogP contribution in [0.4, 0.5) is 8.78 Å². The average molecular weight is 281 g/mol. The quantitative estimate of drug-likeness (QED) is 0.854. The highest BCUT2D eigenvalue weighted by atomic mass is 19.1. The van der Waals surface area contributed by atoms with E-state index in [2.05, 4.69) is 39.9 Å². The number of hydrogen-bond donors (Lipinski definition) is 1. The smallest absolute Gasteiger partial charge is 0.126 e. The maximum absolute atomic E-state index is 13.8. The lowest BCUT2D eigenvalue weighted by atomic mass is 9.96. The fourth-order valence-electron chi connectivity index (χ4n) is 3.76. The Kier molecular flexibility index (Phi) is 3.94. The summed E-state index contributed by atoms with van der Waals surface area (Å²) in [5.41, 5.74) is 0.919. The van der Waals surface area contributed by atoms with Gasteiger partial charge in [0, 0.05) is 6.04 Å². The molecular weight excluding hydrogens is 256 g/mol. The van der Waals surface area contributed by atoms with Gasteiger partial charge in [-0.1, -0.05) is 34.6 Å². The maximum atomic E-state index is 13.8. The molecule has 1 aliphatic carbocycles. The molecular formula is C17H25F2N. The van der Waals surface area contributed by atoms with Crippen LogP contribution in [0.5, 0.6) is 0 Å². The van der Waals surface area contributed by atoms with Crippen molar-refractivity contribution in [1.82, 2.24) is 5.32 Å². The normalized spacial score (nSPS) is 21.8. The lowest BCUT2D eigenvalue weighted by molar-refractivity contribution is 0.397. The van der Waals surface area contributed by atoms with Crippen molar-refractivity contribution < 1.29 is 8.78 Å². The SMILES string of the molecule is CCNC(Cc1cc(F)ccc1F)C1C(C)(C)C1(C)C. The van der Waals surface area contributed by atoms with Crippen molar-refractivity contribution in [3.05, 3.63) is 35.4 Å². The highest BCUT2D eigenvalue weighted by Crippen LogP contribution is 2.69. The summed E-state index contributed by atoms with van der Waals surface area (Å²) in [5, 5.41) is 3.46.